The first kappa shape index (κ1) is 12.9. The number of thiophene rings is 1. The van der Waals surface area contributed by atoms with Crippen LogP contribution in [0.4, 0.5) is 11.8 Å². The van der Waals surface area contributed by atoms with Crippen molar-refractivity contribution in [3.8, 4) is 0 Å². The van der Waals surface area contributed by atoms with Gasteiger partial charge in [-0.05, 0) is 41.4 Å². The average molecular weight is 284 g/mol. The molecule has 2 heterocycles. The van der Waals surface area contributed by atoms with Gasteiger partial charge in [0.1, 0.15) is 5.82 Å². The number of para-hydroxylation sites is 1. The Hall–Kier alpha value is -2.14. The topological polar surface area (TPSA) is 49.8 Å². The van der Waals surface area contributed by atoms with Gasteiger partial charge in [-0.25, -0.2) is 4.98 Å². The van der Waals surface area contributed by atoms with Crippen molar-refractivity contribution in [3.05, 3.63) is 46.7 Å². The van der Waals surface area contributed by atoms with Crippen LogP contribution < -0.4 is 10.6 Å². The molecule has 2 aromatic heterocycles. The van der Waals surface area contributed by atoms with Gasteiger partial charge < -0.3 is 10.6 Å². The van der Waals surface area contributed by atoms with Crippen LogP contribution in [0, 0.1) is 0 Å². The molecule has 1 atom stereocenters. The van der Waals surface area contributed by atoms with Crippen LogP contribution in [-0.2, 0) is 0 Å². The number of rotatable bonds is 4. The normalized spacial score (nSPS) is 12.3. The number of fused-ring (bicyclic) bond motifs is 1. The maximum absolute atomic E-state index is 4.54. The van der Waals surface area contributed by atoms with Gasteiger partial charge in [-0.1, -0.05) is 12.1 Å². The fraction of sp³-hybridized carbons (Fsp3) is 0.200. The smallest absolute Gasteiger partial charge is 0.224 e. The lowest BCUT2D eigenvalue weighted by Gasteiger charge is -2.15. The molecule has 0 radical (unpaired) electrons. The molecule has 102 valence electrons. The zero-order valence-electron chi connectivity index (χ0n) is 11.4. The Labute approximate surface area is 121 Å². The molecule has 5 heteroatoms. The minimum Gasteiger partial charge on any atom is -0.363 e. The molecule has 2 N–H and O–H groups in total. The summed E-state index contributed by atoms with van der Waals surface area (Å²) in [4.78, 5) is 9.00. The van der Waals surface area contributed by atoms with Gasteiger partial charge in [0.25, 0.3) is 0 Å². The molecule has 1 unspecified atom stereocenters. The summed E-state index contributed by atoms with van der Waals surface area (Å²) >= 11 is 1.70. The first-order chi connectivity index (χ1) is 9.78. The van der Waals surface area contributed by atoms with Crippen molar-refractivity contribution in [2.24, 2.45) is 0 Å². The van der Waals surface area contributed by atoms with E-state index in [-0.39, 0.29) is 6.04 Å². The molecule has 4 nitrogen and oxygen atoms in total. The summed E-state index contributed by atoms with van der Waals surface area (Å²) in [7, 11) is 1.83. The lowest BCUT2D eigenvalue weighted by atomic mass is 10.1. The van der Waals surface area contributed by atoms with E-state index in [1.54, 1.807) is 11.3 Å². The summed E-state index contributed by atoms with van der Waals surface area (Å²) in [6.45, 7) is 2.14. The van der Waals surface area contributed by atoms with E-state index in [2.05, 4.69) is 44.4 Å². The maximum atomic E-state index is 4.54. The summed E-state index contributed by atoms with van der Waals surface area (Å²) in [5, 5.41) is 11.8. The molecule has 0 aliphatic heterocycles. The van der Waals surface area contributed by atoms with Crippen LogP contribution in [0.2, 0.25) is 0 Å². The number of anilines is 2. The SMILES string of the molecule is CNc1nc(NC(C)c2ccsc2)c2ccccc2n1. The van der Waals surface area contributed by atoms with Gasteiger partial charge >= 0.3 is 0 Å². The summed E-state index contributed by atoms with van der Waals surface area (Å²) < 4.78 is 0. The lowest BCUT2D eigenvalue weighted by molar-refractivity contribution is 0.882. The molecule has 0 fully saturated rings. The fourth-order valence-electron chi connectivity index (χ4n) is 2.11. The Morgan fingerprint density at radius 1 is 1.15 bits per heavy atom. The molecule has 3 aromatic rings. The number of hydrogen-bond acceptors (Lipinski definition) is 5. The lowest BCUT2D eigenvalue weighted by Crippen LogP contribution is -2.09. The highest BCUT2D eigenvalue weighted by Crippen LogP contribution is 2.26. The molecular formula is C15H16N4S. The molecule has 0 amide bonds. The molecule has 3 rings (SSSR count). The second kappa shape index (κ2) is 5.46. The number of benzene rings is 1. The minimum absolute atomic E-state index is 0.212. The van der Waals surface area contributed by atoms with Gasteiger partial charge in [0.05, 0.1) is 11.6 Å². The maximum Gasteiger partial charge on any atom is 0.224 e. The van der Waals surface area contributed by atoms with Crippen LogP contribution >= 0.6 is 11.3 Å². The van der Waals surface area contributed by atoms with Gasteiger partial charge in [0.2, 0.25) is 5.95 Å². The molecule has 0 saturated carbocycles. The van der Waals surface area contributed by atoms with Crippen LogP contribution in [-0.4, -0.2) is 17.0 Å². The first-order valence-corrected chi connectivity index (χ1v) is 7.45. The highest BCUT2D eigenvalue weighted by Gasteiger charge is 2.11. The van der Waals surface area contributed by atoms with E-state index in [9.17, 15) is 0 Å². The van der Waals surface area contributed by atoms with E-state index in [1.807, 2.05) is 31.3 Å². The standard InChI is InChI=1S/C15H16N4S/c1-10(11-7-8-20-9-11)17-14-12-5-3-4-6-13(12)18-15(16-2)19-14/h3-10H,1-2H3,(H2,16,17,18,19). The van der Waals surface area contributed by atoms with E-state index in [0.717, 1.165) is 16.7 Å². The fourth-order valence-corrected chi connectivity index (χ4v) is 2.86. The molecule has 0 bridgehead atoms. The molecule has 0 saturated heterocycles. The summed E-state index contributed by atoms with van der Waals surface area (Å²) in [5.74, 6) is 1.49. The van der Waals surface area contributed by atoms with Crippen molar-refractivity contribution in [1.29, 1.82) is 0 Å². The van der Waals surface area contributed by atoms with Crippen molar-refractivity contribution in [3.63, 3.8) is 0 Å². The Morgan fingerprint density at radius 3 is 2.75 bits per heavy atom. The number of hydrogen-bond donors (Lipinski definition) is 2. The Balaban J connectivity index is 2.01. The minimum atomic E-state index is 0.212. The van der Waals surface area contributed by atoms with Crippen molar-refractivity contribution in [2.75, 3.05) is 17.7 Å². The van der Waals surface area contributed by atoms with Crippen LogP contribution in [0.3, 0.4) is 0 Å². The van der Waals surface area contributed by atoms with Gasteiger partial charge in [0, 0.05) is 12.4 Å². The van der Waals surface area contributed by atoms with E-state index in [0.29, 0.717) is 5.95 Å². The Bertz CT molecular complexity index is 709. The van der Waals surface area contributed by atoms with Crippen molar-refractivity contribution >= 4 is 34.0 Å². The second-order valence-corrected chi connectivity index (χ2v) is 5.37. The molecular weight excluding hydrogens is 268 g/mol. The Kier molecular flexibility index (Phi) is 3.52. The van der Waals surface area contributed by atoms with Crippen LogP contribution in [0.25, 0.3) is 10.9 Å². The third kappa shape index (κ3) is 2.44. The third-order valence-corrected chi connectivity index (χ3v) is 3.92. The molecule has 1 aromatic carbocycles. The van der Waals surface area contributed by atoms with Gasteiger partial charge in [0.15, 0.2) is 0 Å². The second-order valence-electron chi connectivity index (χ2n) is 4.59. The van der Waals surface area contributed by atoms with Crippen LogP contribution in [0.15, 0.2) is 41.1 Å². The van der Waals surface area contributed by atoms with E-state index in [1.165, 1.54) is 5.56 Å². The highest BCUT2D eigenvalue weighted by atomic mass is 32.1. The number of nitrogens with zero attached hydrogens (tertiary/aromatic N) is 2. The van der Waals surface area contributed by atoms with Gasteiger partial charge in [-0.2, -0.15) is 16.3 Å². The summed E-state index contributed by atoms with van der Waals surface area (Å²) in [5.41, 5.74) is 2.20. The van der Waals surface area contributed by atoms with E-state index >= 15 is 0 Å². The predicted octanol–water partition coefficient (Wildman–Crippen LogP) is 3.91. The van der Waals surface area contributed by atoms with Crippen LogP contribution in [0.5, 0.6) is 0 Å². The molecule has 0 aliphatic carbocycles. The largest absolute Gasteiger partial charge is 0.363 e. The number of nitrogens with one attached hydrogen (secondary N) is 2. The van der Waals surface area contributed by atoms with Crippen molar-refractivity contribution < 1.29 is 0 Å². The molecule has 0 spiro atoms. The van der Waals surface area contributed by atoms with Crippen molar-refractivity contribution in [2.45, 2.75) is 13.0 Å². The Morgan fingerprint density at radius 2 is 2.00 bits per heavy atom. The summed E-state index contributed by atoms with van der Waals surface area (Å²) in [6.07, 6.45) is 0. The first-order valence-electron chi connectivity index (χ1n) is 6.51. The zero-order valence-corrected chi connectivity index (χ0v) is 12.2. The van der Waals surface area contributed by atoms with Crippen LogP contribution in [0.1, 0.15) is 18.5 Å². The number of aromatic nitrogens is 2. The van der Waals surface area contributed by atoms with E-state index < -0.39 is 0 Å². The molecule has 20 heavy (non-hydrogen) atoms. The van der Waals surface area contributed by atoms with E-state index in [4.69, 9.17) is 0 Å². The zero-order chi connectivity index (χ0) is 13.9. The quantitative estimate of drug-likeness (QED) is 0.762. The van der Waals surface area contributed by atoms with Gasteiger partial charge in [-0.3, -0.25) is 0 Å². The predicted molar refractivity (Wildman–Crippen MR) is 85.4 cm³/mol. The highest BCUT2D eigenvalue weighted by molar-refractivity contribution is 7.08. The monoisotopic (exact) mass is 284 g/mol. The van der Waals surface area contributed by atoms with Crippen molar-refractivity contribution in [1.82, 2.24) is 9.97 Å². The third-order valence-electron chi connectivity index (χ3n) is 3.22. The average Bonchev–Trinajstić information content (AvgIpc) is 3.01. The molecule has 0 aliphatic rings. The van der Waals surface area contributed by atoms with Gasteiger partial charge in [-0.15, -0.1) is 0 Å². The summed E-state index contributed by atoms with van der Waals surface area (Å²) in [6, 6.07) is 10.4.